The lowest BCUT2D eigenvalue weighted by atomic mass is 9.82. The average molecular weight is 383 g/mol. The maximum absolute atomic E-state index is 12.7. The van der Waals surface area contributed by atoms with Crippen LogP contribution in [0.1, 0.15) is 43.0 Å². The molecule has 9 heteroatoms. The topological polar surface area (TPSA) is 112 Å². The van der Waals surface area contributed by atoms with Gasteiger partial charge in [-0.05, 0) is 61.1 Å². The van der Waals surface area contributed by atoms with E-state index in [0.717, 1.165) is 12.8 Å². The summed E-state index contributed by atoms with van der Waals surface area (Å²) in [4.78, 5) is 25.9. The second-order valence-corrected chi connectivity index (χ2v) is 6.74. The Balaban J connectivity index is 0.00000243. The lowest BCUT2D eigenvalue weighted by molar-refractivity contribution is -0.160. The van der Waals surface area contributed by atoms with Crippen LogP contribution >= 0.6 is 12.4 Å². The van der Waals surface area contributed by atoms with Crippen molar-refractivity contribution in [1.82, 2.24) is 15.2 Å². The van der Waals surface area contributed by atoms with Crippen molar-refractivity contribution in [3.63, 3.8) is 0 Å². The number of carbonyl (C=O) groups excluding carboxylic acids is 2. The quantitative estimate of drug-likeness (QED) is 0.804. The molecule has 1 amide bonds. The largest absolute Gasteiger partial charge is 0.458 e. The van der Waals surface area contributed by atoms with Crippen LogP contribution in [0.15, 0.2) is 22.8 Å². The number of benzene rings is 1. The highest BCUT2D eigenvalue weighted by Crippen LogP contribution is 2.33. The van der Waals surface area contributed by atoms with Crippen molar-refractivity contribution in [2.75, 3.05) is 13.6 Å². The minimum absolute atomic E-state index is 0. The number of fused-ring (bicyclic) bond motifs is 1. The molecule has 1 heterocycles. The van der Waals surface area contributed by atoms with Crippen LogP contribution in [0, 0.1) is 0 Å². The summed E-state index contributed by atoms with van der Waals surface area (Å²) in [6.07, 6.45) is 2.94. The van der Waals surface area contributed by atoms with Crippen molar-refractivity contribution in [2.24, 2.45) is 5.73 Å². The van der Waals surface area contributed by atoms with E-state index in [1.165, 1.54) is 0 Å². The molecule has 0 unspecified atom stereocenters. The van der Waals surface area contributed by atoms with Gasteiger partial charge in [0.2, 0.25) is 0 Å². The molecule has 26 heavy (non-hydrogen) atoms. The number of amides is 1. The zero-order valence-electron chi connectivity index (χ0n) is 14.8. The molecule has 0 atom stereocenters. The number of halogens is 1. The van der Waals surface area contributed by atoms with Crippen LogP contribution in [0.2, 0.25) is 0 Å². The Morgan fingerprint density at radius 1 is 1.31 bits per heavy atom. The Bertz CT molecular complexity index is 786. The number of aromatic nitrogens is 2. The monoisotopic (exact) mass is 382 g/mol. The Morgan fingerprint density at radius 2 is 1.96 bits per heavy atom. The van der Waals surface area contributed by atoms with Crippen molar-refractivity contribution < 1.29 is 19.0 Å². The van der Waals surface area contributed by atoms with Gasteiger partial charge in [-0.1, -0.05) is 0 Å². The van der Waals surface area contributed by atoms with E-state index in [1.54, 1.807) is 30.1 Å². The average Bonchev–Trinajstić information content (AvgIpc) is 3.08. The molecule has 1 aliphatic carbocycles. The second-order valence-electron chi connectivity index (χ2n) is 6.74. The first kappa shape index (κ1) is 20.1. The number of hydrogen-bond donors (Lipinski definition) is 1. The molecule has 142 valence electrons. The van der Waals surface area contributed by atoms with Gasteiger partial charge in [0.25, 0.3) is 5.91 Å². The van der Waals surface area contributed by atoms with Gasteiger partial charge in [-0.3, -0.25) is 9.59 Å². The molecule has 8 nitrogen and oxygen atoms in total. The molecule has 1 aromatic carbocycles. The van der Waals surface area contributed by atoms with Gasteiger partial charge in [0.05, 0.1) is 6.54 Å². The van der Waals surface area contributed by atoms with Gasteiger partial charge in [-0.2, -0.15) is 0 Å². The van der Waals surface area contributed by atoms with Crippen LogP contribution in [0.5, 0.6) is 0 Å². The summed E-state index contributed by atoms with van der Waals surface area (Å²) in [7, 11) is 1.80. The third-order valence-electron chi connectivity index (χ3n) is 4.91. The number of rotatable bonds is 4. The van der Waals surface area contributed by atoms with Crippen molar-refractivity contribution in [2.45, 2.75) is 44.2 Å². The number of esters is 1. The molecule has 0 spiro atoms. The smallest absolute Gasteiger partial charge is 0.320 e. The number of ether oxygens (including phenoxy) is 1. The van der Waals surface area contributed by atoms with Crippen molar-refractivity contribution in [3.8, 4) is 0 Å². The molecular formula is C17H23ClN4O4. The summed E-state index contributed by atoms with van der Waals surface area (Å²) in [5.74, 6) is -0.461. The standard InChI is InChI=1S/C17H22N4O4.ClH/c1-17(24-15(22)10-18)7-5-12(6-8-17)21(2)16(23)11-3-4-13-14(9-11)20-25-19-13;/h3-4,9,12H,5-8,10,18H2,1-2H3;1H. The van der Waals surface area contributed by atoms with Crippen molar-refractivity contribution >= 4 is 35.3 Å². The van der Waals surface area contributed by atoms with Crippen LogP contribution in [0.25, 0.3) is 11.0 Å². The molecule has 0 bridgehead atoms. The van der Waals surface area contributed by atoms with Crippen LogP contribution in [-0.4, -0.2) is 52.3 Å². The Hall–Kier alpha value is -2.19. The first-order valence-corrected chi connectivity index (χ1v) is 8.33. The van der Waals surface area contributed by atoms with E-state index in [-0.39, 0.29) is 36.9 Å². The lowest BCUT2D eigenvalue weighted by Crippen LogP contribution is -2.45. The Kier molecular flexibility index (Phi) is 6.20. The Morgan fingerprint density at radius 3 is 2.62 bits per heavy atom. The van der Waals surface area contributed by atoms with E-state index in [9.17, 15) is 9.59 Å². The van der Waals surface area contributed by atoms with Gasteiger partial charge < -0.3 is 15.4 Å². The van der Waals surface area contributed by atoms with Crippen LogP contribution in [0.3, 0.4) is 0 Å². The lowest BCUT2D eigenvalue weighted by Gasteiger charge is -2.40. The van der Waals surface area contributed by atoms with Crippen LogP contribution < -0.4 is 5.73 Å². The van der Waals surface area contributed by atoms with Gasteiger partial charge in [0, 0.05) is 18.7 Å². The van der Waals surface area contributed by atoms with Crippen LogP contribution in [0.4, 0.5) is 0 Å². The summed E-state index contributed by atoms with van der Waals surface area (Å²) in [6.45, 7) is 1.81. The normalized spacial score (nSPS) is 22.5. The maximum Gasteiger partial charge on any atom is 0.320 e. The minimum atomic E-state index is -0.498. The fourth-order valence-electron chi connectivity index (χ4n) is 3.30. The summed E-state index contributed by atoms with van der Waals surface area (Å²) in [5.41, 5.74) is 6.55. The van der Waals surface area contributed by atoms with Gasteiger partial charge in [0.15, 0.2) is 0 Å². The fourth-order valence-corrected chi connectivity index (χ4v) is 3.30. The number of carbonyl (C=O) groups is 2. The molecule has 1 aromatic heterocycles. The number of nitrogens with two attached hydrogens (primary N) is 1. The predicted octanol–water partition coefficient (Wildman–Crippen LogP) is 1.92. The highest BCUT2D eigenvalue weighted by Gasteiger charge is 2.36. The minimum Gasteiger partial charge on any atom is -0.458 e. The SMILES string of the molecule is CN(C(=O)c1ccc2nonc2c1)C1CCC(C)(OC(=O)CN)CC1.Cl. The first-order chi connectivity index (χ1) is 11.9. The molecule has 1 fully saturated rings. The van der Waals surface area contributed by atoms with Gasteiger partial charge in [-0.15, -0.1) is 12.4 Å². The van der Waals surface area contributed by atoms with Crippen molar-refractivity contribution in [3.05, 3.63) is 23.8 Å². The summed E-state index contributed by atoms with van der Waals surface area (Å²) in [5, 5.41) is 7.51. The van der Waals surface area contributed by atoms with E-state index in [1.807, 2.05) is 6.92 Å². The van der Waals surface area contributed by atoms with E-state index < -0.39 is 5.60 Å². The maximum atomic E-state index is 12.7. The van der Waals surface area contributed by atoms with E-state index in [0.29, 0.717) is 29.4 Å². The number of nitrogens with zero attached hydrogens (tertiary/aromatic N) is 3. The summed E-state index contributed by atoms with van der Waals surface area (Å²) >= 11 is 0. The van der Waals surface area contributed by atoms with Crippen molar-refractivity contribution in [1.29, 1.82) is 0 Å². The van der Waals surface area contributed by atoms with Gasteiger partial charge in [0.1, 0.15) is 16.6 Å². The third kappa shape index (κ3) is 4.13. The molecule has 2 N–H and O–H groups in total. The molecule has 1 saturated carbocycles. The van der Waals surface area contributed by atoms with E-state index in [4.69, 9.17) is 10.5 Å². The molecule has 0 radical (unpaired) electrons. The number of hydrogen-bond acceptors (Lipinski definition) is 7. The fraction of sp³-hybridized carbons (Fsp3) is 0.529. The molecule has 0 saturated heterocycles. The highest BCUT2D eigenvalue weighted by atomic mass is 35.5. The van der Waals surface area contributed by atoms with Gasteiger partial charge in [-0.25, -0.2) is 4.63 Å². The highest BCUT2D eigenvalue weighted by molar-refractivity contribution is 5.97. The van der Waals surface area contributed by atoms with E-state index >= 15 is 0 Å². The van der Waals surface area contributed by atoms with Crippen LogP contribution in [-0.2, 0) is 9.53 Å². The molecule has 1 aliphatic rings. The predicted molar refractivity (Wildman–Crippen MR) is 97.0 cm³/mol. The molecule has 2 aromatic rings. The molecule has 0 aliphatic heterocycles. The third-order valence-corrected chi connectivity index (χ3v) is 4.91. The summed E-state index contributed by atoms with van der Waals surface area (Å²) < 4.78 is 10.1. The Labute approximate surface area is 157 Å². The molecular weight excluding hydrogens is 360 g/mol. The van der Waals surface area contributed by atoms with Gasteiger partial charge >= 0.3 is 5.97 Å². The first-order valence-electron chi connectivity index (χ1n) is 8.33. The zero-order chi connectivity index (χ0) is 18.0. The second kappa shape index (κ2) is 8.01. The summed E-state index contributed by atoms with van der Waals surface area (Å²) in [6, 6.07) is 5.22. The molecule has 3 rings (SSSR count). The van der Waals surface area contributed by atoms with E-state index in [2.05, 4.69) is 14.9 Å². The zero-order valence-corrected chi connectivity index (χ0v) is 15.6.